The SMILES string of the molecule is O=C(Nc1ccccc1Cl)c1cccc(Oc2cccc(Br)n2)c1. The molecule has 0 spiro atoms. The predicted octanol–water partition coefficient (Wildman–Crippen LogP) is 5.54. The van der Waals surface area contributed by atoms with Crippen molar-refractivity contribution < 1.29 is 9.53 Å². The molecular formula is C18H12BrClN2O2. The smallest absolute Gasteiger partial charge is 0.255 e. The van der Waals surface area contributed by atoms with Crippen LogP contribution in [0.3, 0.4) is 0 Å². The summed E-state index contributed by atoms with van der Waals surface area (Å²) < 4.78 is 6.35. The van der Waals surface area contributed by atoms with E-state index in [-0.39, 0.29) is 5.91 Å². The van der Waals surface area contributed by atoms with Crippen LogP contribution in [0.4, 0.5) is 5.69 Å². The molecule has 0 aliphatic carbocycles. The molecule has 0 unspecified atom stereocenters. The van der Waals surface area contributed by atoms with Gasteiger partial charge in [0.2, 0.25) is 5.88 Å². The second kappa shape index (κ2) is 7.47. The van der Waals surface area contributed by atoms with Gasteiger partial charge in [-0.05, 0) is 52.3 Å². The van der Waals surface area contributed by atoms with Crippen molar-refractivity contribution in [3.8, 4) is 11.6 Å². The first kappa shape index (κ1) is 16.5. The minimum Gasteiger partial charge on any atom is -0.439 e. The van der Waals surface area contributed by atoms with E-state index in [9.17, 15) is 4.79 Å². The molecule has 4 nitrogen and oxygen atoms in total. The number of amides is 1. The van der Waals surface area contributed by atoms with Gasteiger partial charge in [-0.15, -0.1) is 0 Å². The Morgan fingerprint density at radius 3 is 2.62 bits per heavy atom. The molecule has 2 aromatic carbocycles. The third-order valence-electron chi connectivity index (χ3n) is 3.13. The fourth-order valence-corrected chi connectivity index (χ4v) is 2.54. The highest BCUT2D eigenvalue weighted by Crippen LogP contribution is 2.24. The number of nitrogens with one attached hydrogen (secondary N) is 1. The molecule has 0 fully saturated rings. The van der Waals surface area contributed by atoms with Crippen molar-refractivity contribution in [2.24, 2.45) is 0 Å². The molecule has 0 aliphatic heterocycles. The number of pyridine rings is 1. The van der Waals surface area contributed by atoms with Crippen LogP contribution in [-0.4, -0.2) is 10.9 Å². The van der Waals surface area contributed by atoms with Gasteiger partial charge in [-0.1, -0.05) is 35.9 Å². The van der Waals surface area contributed by atoms with E-state index in [1.165, 1.54) is 0 Å². The molecule has 6 heteroatoms. The summed E-state index contributed by atoms with van der Waals surface area (Å²) in [5.41, 5.74) is 1.02. The molecule has 1 aromatic heterocycles. The molecule has 0 radical (unpaired) electrons. The highest BCUT2D eigenvalue weighted by Gasteiger charge is 2.10. The monoisotopic (exact) mass is 402 g/mol. The second-order valence-corrected chi connectivity index (χ2v) is 6.08. The predicted molar refractivity (Wildman–Crippen MR) is 97.9 cm³/mol. The van der Waals surface area contributed by atoms with Crippen molar-refractivity contribution in [3.05, 3.63) is 81.9 Å². The second-order valence-electron chi connectivity index (χ2n) is 4.86. The first-order valence-corrected chi connectivity index (χ1v) is 8.25. The zero-order valence-corrected chi connectivity index (χ0v) is 14.7. The third-order valence-corrected chi connectivity index (χ3v) is 3.90. The lowest BCUT2D eigenvalue weighted by molar-refractivity contribution is 0.102. The largest absolute Gasteiger partial charge is 0.439 e. The number of halogens is 2. The van der Waals surface area contributed by atoms with E-state index in [0.717, 1.165) is 0 Å². The number of nitrogens with zero attached hydrogens (tertiary/aromatic N) is 1. The molecule has 0 aliphatic rings. The van der Waals surface area contributed by atoms with Crippen molar-refractivity contribution in [2.75, 3.05) is 5.32 Å². The van der Waals surface area contributed by atoms with Gasteiger partial charge in [0.15, 0.2) is 0 Å². The van der Waals surface area contributed by atoms with Gasteiger partial charge in [0.05, 0.1) is 10.7 Å². The maximum atomic E-state index is 12.4. The number of anilines is 1. The average molecular weight is 404 g/mol. The van der Waals surface area contributed by atoms with Gasteiger partial charge < -0.3 is 10.1 Å². The summed E-state index contributed by atoms with van der Waals surface area (Å²) in [7, 11) is 0. The lowest BCUT2D eigenvalue weighted by Crippen LogP contribution is -2.12. The lowest BCUT2D eigenvalue weighted by Gasteiger charge is -2.09. The standard InChI is InChI=1S/C18H12BrClN2O2/c19-16-9-4-10-17(22-16)24-13-6-3-5-12(11-13)18(23)21-15-8-2-1-7-14(15)20/h1-11H,(H,21,23). The molecule has 3 rings (SSSR count). The summed E-state index contributed by atoms with van der Waals surface area (Å²) in [5.74, 6) is 0.691. The normalized spacial score (nSPS) is 10.2. The van der Waals surface area contributed by atoms with Crippen LogP contribution < -0.4 is 10.1 Å². The Kier molecular flexibility index (Phi) is 5.13. The van der Waals surface area contributed by atoms with Crippen molar-refractivity contribution in [2.45, 2.75) is 0 Å². The molecule has 120 valence electrons. The van der Waals surface area contributed by atoms with Crippen LogP contribution in [0.15, 0.2) is 71.3 Å². The molecule has 1 heterocycles. The quantitative estimate of drug-likeness (QED) is 0.582. The van der Waals surface area contributed by atoms with Crippen LogP contribution in [0.5, 0.6) is 11.6 Å². The van der Waals surface area contributed by atoms with Gasteiger partial charge in [-0.25, -0.2) is 4.98 Å². The Bertz CT molecular complexity index is 886. The van der Waals surface area contributed by atoms with Gasteiger partial charge in [0.1, 0.15) is 10.4 Å². The van der Waals surface area contributed by atoms with Crippen LogP contribution in [0.1, 0.15) is 10.4 Å². The maximum Gasteiger partial charge on any atom is 0.255 e. The fourth-order valence-electron chi connectivity index (χ4n) is 2.03. The van der Waals surface area contributed by atoms with Crippen LogP contribution in [0.25, 0.3) is 0 Å². The number of para-hydroxylation sites is 1. The Morgan fingerprint density at radius 1 is 1.04 bits per heavy atom. The summed E-state index contributed by atoms with van der Waals surface area (Å²) in [5, 5.41) is 3.26. The average Bonchev–Trinajstić information content (AvgIpc) is 2.57. The van der Waals surface area contributed by atoms with Crippen LogP contribution in [0.2, 0.25) is 5.02 Å². The Hall–Kier alpha value is -2.37. The Balaban J connectivity index is 1.77. The summed E-state index contributed by atoms with van der Waals surface area (Å²) in [4.78, 5) is 16.6. The van der Waals surface area contributed by atoms with Crippen molar-refractivity contribution in [1.82, 2.24) is 4.98 Å². The molecule has 0 saturated heterocycles. The maximum absolute atomic E-state index is 12.4. The van der Waals surface area contributed by atoms with E-state index in [1.54, 1.807) is 60.7 Å². The Morgan fingerprint density at radius 2 is 1.83 bits per heavy atom. The van der Waals surface area contributed by atoms with E-state index in [0.29, 0.717) is 32.5 Å². The lowest BCUT2D eigenvalue weighted by atomic mass is 10.2. The molecular weight excluding hydrogens is 392 g/mol. The van der Waals surface area contributed by atoms with Crippen molar-refractivity contribution in [1.29, 1.82) is 0 Å². The zero-order chi connectivity index (χ0) is 16.9. The zero-order valence-electron chi connectivity index (χ0n) is 12.4. The van der Waals surface area contributed by atoms with E-state index >= 15 is 0 Å². The molecule has 24 heavy (non-hydrogen) atoms. The van der Waals surface area contributed by atoms with E-state index in [1.807, 2.05) is 6.07 Å². The Labute approximate surface area is 152 Å². The highest BCUT2D eigenvalue weighted by atomic mass is 79.9. The van der Waals surface area contributed by atoms with Gasteiger partial charge in [0, 0.05) is 11.6 Å². The van der Waals surface area contributed by atoms with Crippen LogP contribution in [-0.2, 0) is 0 Å². The van der Waals surface area contributed by atoms with E-state index in [2.05, 4.69) is 26.2 Å². The van der Waals surface area contributed by atoms with Gasteiger partial charge in [-0.3, -0.25) is 4.79 Å². The summed E-state index contributed by atoms with van der Waals surface area (Å²) in [6.07, 6.45) is 0. The molecule has 0 bridgehead atoms. The number of hydrogen-bond donors (Lipinski definition) is 1. The molecule has 1 N–H and O–H groups in total. The van der Waals surface area contributed by atoms with Crippen molar-refractivity contribution >= 4 is 39.1 Å². The topological polar surface area (TPSA) is 51.2 Å². The van der Waals surface area contributed by atoms with Crippen molar-refractivity contribution in [3.63, 3.8) is 0 Å². The van der Waals surface area contributed by atoms with Crippen LogP contribution in [0, 0.1) is 0 Å². The summed E-state index contributed by atoms with van der Waals surface area (Å²) in [6, 6.07) is 19.3. The molecule has 0 saturated carbocycles. The molecule has 0 atom stereocenters. The minimum absolute atomic E-state index is 0.268. The van der Waals surface area contributed by atoms with Gasteiger partial charge in [0.25, 0.3) is 5.91 Å². The number of carbonyl (C=O) groups excluding carboxylic acids is 1. The number of aromatic nitrogens is 1. The third kappa shape index (κ3) is 4.13. The summed E-state index contributed by atoms with van der Waals surface area (Å²) in [6.45, 7) is 0. The first-order valence-electron chi connectivity index (χ1n) is 7.08. The van der Waals surface area contributed by atoms with Crippen LogP contribution >= 0.6 is 27.5 Å². The minimum atomic E-state index is -0.268. The van der Waals surface area contributed by atoms with Gasteiger partial charge in [-0.2, -0.15) is 0 Å². The molecule has 1 amide bonds. The van der Waals surface area contributed by atoms with E-state index < -0.39 is 0 Å². The fraction of sp³-hybridized carbons (Fsp3) is 0. The summed E-state index contributed by atoms with van der Waals surface area (Å²) >= 11 is 9.35. The number of hydrogen-bond acceptors (Lipinski definition) is 3. The van der Waals surface area contributed by atoms with E-state index in [4.69, 9.17) is 16.3 Å². The number of carbonyl (C=O) groups is 1. The first-order chi connectivity index (χ1) is 11.6. The number of rotatable bonds is 4. The number of ether oxygens (including phenoxy) is 1. The highest BCUT2D eigenvalue weighted by molar-refractivity contribution is 9.10. The molecule has 3 aromatic rings. The van der Waals surface area contributed by atoms with Gasteiger partial charge >= 0.3 is 0 Å². The number of benzene rings is 2.